The van der Waals surface area contributed by atoms with Crippen molar-refractivity contribution in [2.24, 2.45) is 4.99 Å². The molecule has 0 bridgehead atoms. The number of aliphatic imine (C=N–C) groups is 1. The Bertz CT molecular complexity index is 1090. The zero-order valence-electron chi connectivity index (χ0n) is 18.0. The van der Waals surface area contributed by atoms with Gasteiger partial charge in [0.15, 0.2) is 5.17 Å². The van der Waals surface area contributed by atoms with E-state index in [9.17, 15) is 4.79 Å². The average Bonchev–Trinajstić information content (AvgIpc) is 3.40. The molecule has 0 spiro atoms. The van der Waals surface area contributed by atoms with E-state index in [1.165, 1.54) is 5.56 Å². The molecule has 2 aromatic carbocycles. The van der Waals surface area contributed by atoms with Crippen molar-refractivity contribution in [1.29, 1.82) is 0 Å². The van der Waals surface area contributed by atoms with Crippen molar-refractivity contribution in [1.82, 2.24) is 15.0 Å². The monoisotopic (exact) mass is 434 g/mol. The normalized spacial score (nSPS) is 17.5. The molecule has 1 aliphatic rings. The van der Waals surface area contributed by atoms with Crippen molar-refractivity contribution < 1.29 is 9.32 Å². The number of amides is 1. The van der Waals surface area contributed by atoms with Crippen LogP contribution in [-0.4, -0.2) is 37.9 Å². The van der Waals surface area contributed by atoms with Gasteiger partial charge in [-0.05, 0) is 38.0 Å². The lowest BCUT2D eigenvalue weighted by molar-refractivity contribution is -0.128. The topological polar surface area (TPSA) is 71.6 Å². The molecule has 1 aliphatic heterocycles. The van der Waals surface area contributed by atoms with Crippen molar-refractivity contribution in [3.05, 3.63) is 65.5 Å². The van der Waals surface area contributed by atoms with E-state index in [2.05, 4.69) is 17.1 Å². The first-order valence-corrected chi connectivity index (χ1v) is 11.5. The van der Waals surface area contributed by atoms with E-state index >= 15 is 0 Å². The summed E-state index contributed by atoms with van der Waals surface area (Å²) >= 11 is 1.64. The third kappa shape index (κ3) is 5.05. The summed E-state index contributed by atoms with van der Waals surface area (Å²) in [5, 5.41) is 4.83. The Morgan fingerprint density at radius 2 is 2.00 bits per heavy atom. The molecular formula is C24H26N4O2S. The number of aromatic nitrogens is 2. The number of carbonyl (C=O) groups excluding carboxylic acids is 1. The maximum absolute atomic E-state index is 13.1. The molecular weight excluding hydrogens is 408 g/mol. The molecule has 1 fully saturated rings. The Balaban J connectivity index is 1.45. The number of aryl methyl sites for hydroxylation is 3. The van der Waals surface area contributed by atoms with Gasteiger partial charge < -0.3 is 4.52 Å². The second-order valence-electron chi connectivity index (χ2n) is 7.75. The van der Waals surface area contributed by atoms with Crippen LogP contribution in [0, 0.1) is 13.8 Å². The zero-order valence-corrected chi connectivity index (χ0v) is 18.9. The molecule has 0 aliphatic carbocycles. The molecule has 1 amide bonds. The fourth-order valence-corrected chi connectivity index (χ4v) is 4.77. The van der Waals surface area contributed by atoms with Crippen LogP contribution in [0.15, 0.2) is 58.0 Å². The van der Waals surface area contributed by atoms with Gasteiger partial charge in [0, 0.05) is 30.2 Å². The summed E-state index contributed by atoms with van der Waals surface area (Å²) in [6, 6.07) is 16.1. The minimum atomic E-state index is 0.0401. The van der Waals surface area contributed by atoms with Crippen LogP contribution in [0.25, 0.3) is 11.4 Å². The predicted molar refractivity (Wildman–Crippen MR) is 124 cm³/mol. The minimum Gasteiger partial charge on any atom is -0.339 e. The summed E-state index contributed by atoms with van der Waals surface area (Å²) in [5.41, 5.74) is 4.10. The Morgan fingerprint density at radius 3 is 2.74 bits per heavy atom. The first-order chi connectivity index (χ1) is 15.0. The summed E-state index contributed by atoms with van der Waals surface area (Å²) in [6.45, 7) is 6.18. The van der Waals surface area contributed by atoms with Gasteiger partial charge in [-0.3, -0.25) is 9.69 Å². The Kier molecular flexibility index (Phi) is 6.51. The van der Waals surface area contributed by atoms with E-state index in [0.717, 1.165) is 34.2 Å². The van der Waals surface area contributed by atoms with Crippen molar-refractivity contribution in [3.8, 4) is 11.4 Å². The molecule has 4 rings (SSSR count). The van der Waals surface area contributed by atoms with E-state index in [1.54, 1.807) is 11.8 Å². The second-order valence-corrected chi connectivity index (χ2v) is 8.74. The molecule has 1 atom stereocenters. The standard InChI is InChI=1S/C24H26N4O2S/c1-4-20-15-31-24(25-19-7-5-6-17(3)14-19)28(20)22(29)13-12-21-26-23(27-30-21)18-10-8-16(2)9-11-18/h5-11,14,20H,4,12-13,15H2,1-3H3. The van der Waals surface area contributed by atoms with Gasteiger partial charge in [0.1, 0.15) is 0 Å². The van der Waals surface area contributed by atoms with Crippen LogP contribution < -0.4 is 0 Å². The molecule has 1 saturated heterocycles. The summed E-state index contributed by atoms with van der Waals surface area (Å²) in [6.07, 6.45) is 1.61. The highest BCUT2D eigenvalue weighted by Gasteiger charge is 2.33. The number of amidine groups is 1. The smallest absolute Gasteiger partial charge is 0.229 e. The van der Waals surface area contributed by atoms with Crippen molar-refractivity contribution in [2.75, 3.05) is 5.75 Å². The third-order valence-corrected chi connectivity index (χ3v) is 6.37. The van der Waals surface area contributed by atoms with Gasteiger partial charge in [0.05, 0.1) is 5.69 Å². The van der Waals surface area contributed by atoms with Gasteiger partial charge in [-0.25, -0.2) is 4.99 Å². The summed E-state index contributed by atoms with van der Waals surface area (Å²) in [5.74, 6) is 1.93. The van der Waals surface area contributed by atoms with Gasteiger partial charge in [0.25, 0.3) is 0 Å². The number of carbonyl (C=O) groups is 1. The van der Waals surface area contributed by atoms with Crippen LogP contribution in [0.1, 0.15) is 36.8 Å². The maximum atomic E-state index is 13.1. The maximum Gasteiger partial charge on any atom is 0.229 e. The molecule has 2 heterocycles. The molecule has 0 saturated carbocycles. The second kappa shape index (κ2) is 9.47. The Hall–Kier alpha value is -2.93. The van der Waals surface area contributed by atoms with E-state index < -0.39 is 0 Å². The largest absolute Gasteiger partial charge is 0.339 e. The fraction of sp³-hybridized carbons (Fsp3) is 0.333. The molecule has 0 radical (unpaired) electrons. The molecule has 1 unspecified atom stereocenters. The van der Waals surface area contributed by atoms with Crippen LogP contribution >= 0.6 is 11.8 Å². The highest BCUT2D eigenvalue weighted by atomic mass is 32.2. The lowest BCUT2D eigenvalue weighted by Gasteiger charge is -2.22. The minimum absolute atomic E-state index is 0.0401. The van der Waals surface area contributed by atoms with E-state index in [1.807, 2.05) is 67.3 Å². The first kappa shape index (κ1) is 21.3. The summed E-state index contributed by atoms with van der Waals surface area (Å²) in [7, 11) is 0. The SMILES string of the molecule is CCC1CSC(=Nc2cccc(C)c2)N1C(=O)CCc1nc(-c2ccc(C)cc2)no1. The highest BCUT2D eigenvalue weighted by molar-refractivity contribution is 8.14. The van der Waals surface area contributed by atoms with Crippen LogP contribution in [0.2, 0.25) is 0 Å². The molecule has 0 N–H and O–H groups in total. The van der Waals surface area contributed by atoms with Crippen LogP contribution in [0.3, 0.4) is 0 Å². The summed E-state index contributed by atoms with van der Waals surface area (Å²) in [4.78, 5) is 24.2. The summed E-state index contributed by atoms with van der Waals surface area (Å²) < 4.78 is 5.38. The quantitative estimate of drug-likeness (QED) is 0.524. The van der Waals surface area contributed by atoms with E-state index in [-0.39, 0.29) is 11.9 Å². The highest BCUT2D eigenvalue weighted by Crippen LogP contribution is 2.30. The molecule has 6 nitrogen and oxygen atoms in total. The van der Waals surface area contributed by atoms with Gasteiger partial charge in [0.2, 0.25) is 17.6 Å². The van der Waals surface area contributed by atoms with Crippen molar-refractivity contribution >= 4 is 28.5 Å². The zero-order chi connectivity index (χ0) is 21.8. The number of rotatable bonds is 6. The van der Waals surface area contributed by atoms with Gasteiger partial charge in [-0.1, -0.05) is 65.8 Å². The van der Waals surface area contributed by atoms with E-state index in [4.69, 9.17) is 9.52 Å². The first-order valence-electron chi connectivity index (χ1n) is 10.5. The van der Waals surface area contributed by atoms with Gasteiger partial charge >= 0.3 is 0 Å². The third-order valence-electron chi connectivity index (χ3n) is 5.27. The number of thioether (sulfide) groups is 1. The number of benzene rings is 2. The van der Waals surface area contributed by atoms with Crippen LogP contribution in [0.4, 0.5) is 5.69 Å². The molecule has 3 aromatic rings. The molecule has 160 valence electrons. The molecule has 31 heavy (non-hydrogen) atoms. The van der Waals surface area contributed by atoms with Crippen molar-refractivity contribution in [3.63, 3.8) is 0 Å². The van der Waals surface area contributed by atoms with Gasteiger partial charge in [-0.15, -0.1) is 0 Å². The van der Waals surface area contributed by atoms with Crippen LogP contribution in [0.5, 0.6) is 0 Å². The average molecular weight is 435 g/mol. The fourth-order valence-electron chi connectivity index (χ4n) is 3.49. The van der Waals surface area contributed by atoms with Crippen LogP contribution in [-0.2, 0) is 11.2 Å². The lowest BCUT2D eigenvalue weighted by atomic mass is 10.1. The Morgan fingerprint density at radius 1 is 1.19 bits per heavy atom. The molecule has 1 aromatic heterocycles. The predicted octanol–water partition coefficient (Wildman–Crippen LogP) is 5.33. The number of hydrogen-bond acceptors (Lipinski definition) is 6. The number of nitrogens with zero attached hydrogens (tertiary/aromatic N) is 4. The Labute approximate surface area is 186 Å². The lowest BCUT2D eigenvalue weighted by Crippen LogP contribution is -2.39. The molecule has 7 heteroatoms. The van der Waals surface area contributed by atoms with E-state index in [0.29, 0.717) is 24.6 Å². The van der Waals surface area contributed by atoms with Gasteiger partial charge in [-0.2, -0.15) is 4.98 Å². The number of hydrogen-bond donors (Lipinski definition) is 0. The van der Waals surface area contributed by atoms with Crippen molar-refractivity contribution in [2.45, 2.75) is 46.1 Å².